The lowest BCUT2D eigenvalue weighted by Crippen LogP contribution is -2.60. The molecule has 110 valence electrons. The average Bonchev–Trinajstić information content (AvgIpc) is 2.26. The van der Waals surface area contributed by atoms with Gasteiger partial charge in [0, 0.05) is 7.05 Å². The van der Waals surface area contributed by atoms with Crippen LogP contribution in [0.2, 0.25) is 0 Å². The zero-order valence-electron chi connectivity index (χ0n) is 12.2. The highest BCUT2D eigenvalue weighted by Gasteiger charge is 2.44. The van der Waals surface area contributed by atoms with Crippen molar-refractivity contribution in [2.75, 3.05) is 7.05 Å². The number of rotatable bonds is 5. The minimum atomic E-state index is -1.15. The van der Waals surface area contributed by atoms with Crippen LogP contribution in [0.15, 0.2) is 0 Å². The molecule has 1 atom stereocenters. The lowest BCUT2D eigenvalue weighted by molar-refractivity contribution is -0.150. The Morgan fingerprint density at radius 3 is 1.95 bits per heavy atom. The first-order valence-corrected chi connectivity index (χ1v) is 5.99. The molecule has 0 aromatic heterocycles. The normalized spacial score (nSPS) is 13.4. The van der Waals surface area contributed by atoms with Gasteiger partial charge in [0.05, 0.1) is 11.0 Å². The van der Waals surface area contributed by atoms with Gasteiger partial charge < -0.3 is 21.1 Å². The first kappa shape index (κ1) is 17.2. The Balaban J connectivity index is 4.73. The fraction of sp³-hybridized carbons (Fsp3) is 0.750. The van der Waals surface area contributed by atoms with Crippen molar-refractivity contribution in [3.63, 3.8) is 0 Å². The van der Waals surface area contributed by atoms with Crippen molar-refractivity contribution in [3.8, 4) is 0 Å². The molecule has 0 aliphatic rings. The molecule has 0 bridgehead atoms. The number of carbonyl (C=O) groups is 3. The second-order valence-corrected chi connectivity index (χ2v) is 5.49. The van der Waals surface area contributed by atoms with Crippen molar-refractivity contribution in [3.05, 3.63) is 0 Å². The van der Waals surface area contributed by atoms with E-state index in [4.69, 9.17) is 5.11 Å². The Hall–Kier alpha value is -1.79. The Morgan fingerprint density at radius 2 is 1.58 bits per heavy atom. The number of carbonyl (C=O) groups excluding carboxylic acids is 2. The molecule has 19 heavy (non-hydrogen) atoms. The third-order valence-electron chi connectivity index (χ3n) is 3.51. The summed E-state index contributed by atoms with van der Waals surface area (Å²) in [5, 5.41) is 16.6. The van der Waals surface area contributed by atoms with E-state index in [0.717, 1.165) is 0 Å². The molecule has 0 radical (unpaired) electrons. The van der Waals surface area contributed by atoms with Crippen LogP contribution < -0.4 is 16.0 Å². The number of amides is 3. The van der Waals surface area contributed by atoms with Gasteiger partial charge in [-0.3, -0.25) is 9.59 Å². The summed E-state index contributed by atoms with van der Waals surface area (Å²) < 4.78 is 0. The third-order valence-corrected chi connectivity index (χ3v) is 3.51. The monoisotopic (exact) mass is 273 g/mol. The van der Waals surface area contributed by atoms with Gasteiger partial charge >= 0.3 is 12.0 Å². The van der Waals surface area contributed by atoms with Gasteiger partial charge in [-0.05, 0) is 34.6 Å². The molecule has 0 heterocycles. The van der Waals surface area contributed by atoms with Crippen LogP contribution in [-0.4, -0.2) is 41.6 Å². The SMILES string of the molecule is CNC(=O)C(C)NC(=O)NC(C)(C)C(C)(C)C(=O)O. The third kappa shape index (κ3) is 4.11. The van der Waals surface area contributed by atoms with Gasteiger partial charge in [0.15, 0.2) is 0 Å². The second kappa shape index (κ2) is 5.90. The van der Waals surface area contributed by atoms with Crippen LogP contribution in [0.25, 0.3) is 0 Å². The summed E-state index contributed by atoms with van der Waals surface area (Å²) in [4.78, 5) is 34.2. The molecule has 0 aromatic rings. The number of hydrogen-bond acceptors (Lipinski definition) is 3. The van der Waals surface area contributed by atoms with Crippen LogP contribution >= 0.6 is 0 Å². The first-order chi connectivity index (χ1) is 8.45. The van der Waals surface area contributed by atoms with Crippen molar-refractivity contribution in [2.45, 2.75) is 46.2 Å². The summed E-state index contributed by atoms with van der Waals surface area (Å²) in [5.74, 6) is -1.34. The van der Waals surface area contributed by atoms with E-state index in [1.54, 1.807) is 13.8 Å². The molecule has 0 spiro atoms. The summed E-state index contributed by atoms with van der Waals surface area (Å²) in [5.41, 5.74) is -2.13. The number of hydrogen-bond donors (Lipinski definition) is 4. The van der Waals surface area contributed by atoms with Gasteiger partial charge in [-0.15, -0.1) is 0 Å². The van der Waals surface area contributed by atoms with Crippen molar-refractivity contribution >= 4 is 17.9 Å². The molecule has 0 aromatic carbocycles. The van der Waals surface area contributed by atoms with E-state index in [1.807, 2.05) is 0 Å². The minimum Gasteiger partial charge on any atom is -0.481 e. The van der Waals surface area contributed by atoms with Crippen molar-refractivity contribution in [2.24, 2.45) is 5.41 Å². The van der Waals surface area contributed by atoms with E-state index < -0.39 is 29.0 Å². The molecule has 7 heteroatoms. The molecule has 0 saturated carbocycles. The van der Waals surface area contributed by atoms with Crippen LogP contribution in [-0.2, 0) is 9.59 Å². The summed E-state index contributed by atoms with van der Waals surface area (Å²) in [6, 6.07) is -1.29. The van der Waals surface area contributed by atoms with Crippen molar-refractivity contribution in [1.29, 1.82) is 0 Å². The van der Waals surface area contributed by atoms with Crippen LogP contribution in [0.3, 0.4) is 0 Å². The second-order valence-electron chi connectivity index (χ2n) is 5.49. The lowest BCUT2D eigenvalue weighted by atomic mass is 9.74. The molecule has 7 nitrogen and oxygen atoms in total. The smallest absolute Gasteiger partial charge is 0.315 e. The van der Waals surface area contributed by atoms with E-state index in [9.17, 15) is 14.4 Å². The molecule has 4 N–H and O–H groups in total. The number of likely N-dealkylation sites (N-methyl/N-ethyl adjacent to an activating group) is 1. The maximum Gasteiger partial charge on any atom is 0.315 e. The van der Waals surface area contributed by atoms with Crippen molar-refractivity contribution < 1.29 is 19.5 Å². The van der Waals surface area contributed by atoms with Gasteiger partial charge in [-0.2, -0.15) is 0 Å². The highest BCUT2D eigenvalue weighted by molar-refractivity contribution is 5.87. The summed E-state index contributed by atoms with van der Waals surface area (Å²) >= 11 is 0. The van der Waals surface area contributed by atoms with E-state index >= 15 is 0 Å². The Kier molecular flexibility index (Phi) is 5.34. The molecular formula is C12H23N3O4. The van der Waals surface area contributed by atoms with Gasteiger partial charge in [-0.25, -0.2) is 4.79 Å². The number of aliphatic carboxylic acids is 1. The number of carboxylic acid groups (broad SMARTS) is 1. The molecule has 0 saturated heterocycles. The number of carboxylic acids is 1. The van der Waals surface area contributed by atoms with Crippen molar-refractivity contribution in [1.82, 2.24) is 16.0 Å². The summed E-state index contributed by atoms with van der Waals surface area (Å²) in [6.07, 6.45) is 0. The maximum absolute atomic E-state index is 11.8. The van der Waals surface area contributed by atoms with Gasteiger partial charge in [-0.1, -0.05) is 0 Å². The minimum absolute atomic E-state index is 0.328. The van der Waals surface area contributed by atoms with E-state index in [-0.39, 0.29) is 5.91 Å². The molecule has 1 unspecified atom stereocenters. The Labute approximate surface area is 113 Å². The standard InChI is InChI=1S/C12H23N3O4/c1-7(8(16)13-6)14-10(19)15-12(4,5)11(2,3)9(17)18/h7H,1-6H3,(H,13,16)(H,17,18)(H2,14,15,19). The van der Waals surface area contributed by atoms with Crippen LogP contribution in [0.5, 0.6) is 0 Å². The zero-order valence-corrected chi connectivity index (χ0v) is 12.2. The van der Waals surface area contributed by atoms with Crippen LogP contribution in [0.1, 0.15) is 34.6 Å². The van der Waals surface area contributed by atoms with E-state index in [0.29, 0.717) is 0 Å². The fourth-order valence-corrected chi connectivity index (χ4v) is 1.22. The Morgan fingerprint density at radius 1 is 1.11 bits per heavy atom. The lowest BCUT2D eigenvalue weighted by Gasteiger charge is -2.38. The van der Waals surface area contributed by atoms with Gasteiger partial charge in [0.2, 0.25) is 5.91 Å². The largest absolute Gasteiger partial charge is 0.481 e. The predicted molar refractivity (Wildman–Crippen MR) is 70.7 cm³/mol. The van der Waals surface area contributed by atoms with E-state index in [2.05, 4.69) is 16.0 Å². The zero-order chi connectivity index (χ0) is 15.4. The molecule has 0 aliphatic carbocycles. The molecule has 0 aliphatic heterocycles. The topological polar surface area (TPSA) is 108 Å². The van der Waals surface area contributed by atoms with Crippen LogP contribution in [0, 0.1) is 5.41 Å². The predicted octanol–water partition coefficient (Wildman–Crippen LogP) is 0.310. The van der Waals surface area contributed by atoms with Crippen LogP contribution in [0.4, 0.5) is 4.79 Å². The Bertz CT molecular complexity index is 377. The van der Waals surface area contributed by atoms with Gasteiger partial charge in [0.25, 0.3) is 0 Å². The fourth-order valence-electron chi connectivity index (χ4n) is 1.22. The quantitative estimate of drug-likeness (QED) is 0.578. The van der Waals surface area contributed by atoms with Gasteiger partial charge in [0.1, 0.15) is 6.04 Å². The number of urea groups is 1. The highest BCUT2D eigenvalue weighted by atomic mass is 16.4. The summed E-state index contributed by atoms with van der Waals surface area (Å²) in [7, 11) is 1.47. The maximum atomic E-state index is 11.8. The van der Waals surface area contributed by atoms with E-state index in [1.165, 1.54) is 27.8 Å². The molecule has 0 rings (SSSR count). The summed E-state index contributed by atoms with van der Waals surface area (Å²) in [6.45, 7) is 7.82. The average molecular weight is 273 g/mol. The first-order valence-electron chi connectivity index (χ1n) is 5.99. The molecule has 0 fully saturated rings. The molecule has 3 amide bonds. The molecular weight excluding hydrogens is 250 g/mol. The highest BCUT2D eigenvalue weighted by Crippen LogP contribution is 2.30. The number of nitrogens with one attached hydrogen (secondary N) is 3.